The summed E-state index contributed by atoms with van der Waals surface area (Å²) in [4.78, 5) is 11.0. The largest absolute Gasteiger partial charge is 0.496 e. The smallest absolute Gasteiger partial charge is 0.325 e. The van der Waals surface area contributed by atoms with Crippen molar-refractivity contribution >= 4 is 5.97 Å². The molecule has 4 nitrogen and oxygen atoms in total. The summed E-state index contributed by atoms with van der Waals surface area (Å²) in [7, 11) is 1.53. The molecule has 18 heavy (non-hydrogen) atoms. The molecule has 0 bridgehead atoms. The second kappa shape index (κ2) is 5.40. The van der Waals surface area contributed by atoms with E-state index in [4.69, 9.17) is 15.6 Å². The number of ether oxygens (including phenoxy) is 1. The van der Waals surface area contributed by atoms with Crippen molar-refractivity contribution in [2.24, 2.45) is 5.73 Å². The molecule has 98 valence electrons. The number of hydrogen-bond acceptors (Lipinski definition) is 3. The Morgan fingerprint density at radius 2 is 2.11 bits per heavy atom. The molecule has 1 aromatic carbocycles. The van der Waals surface area contributed by atoms with Gasteiger partial charge in [-0.3, -0.25) is 4.79 Å². The van der Waals surface area contributed by atoms with Gasteiger partial charge in [-0.1, -0.05) is 18.9 Å². The van der Waals surface area contributed by atoms with E-state index in [-0.39, 0.29) is 0 Å². The molecular weight excluding hydrogens is 230 g/mol. The van der Waals surface area contributed by atoms with E-state index in [0.717, 1.165) is 0 Å². The molecular formula is C14H19NO3. The van der Waals surface area contributed by atoms with Gasteiger partial charge in [0, 0.05) is 5.56 Å². The maximum Gasteiger partial charge on any atom is 0.325 e. The third-order valence-electron chi connectivity index (χ3n) is 3.68. The van der Waals surface area contributed by atoms with Crippen molar-refractivity contribution < 1.29 is 14.6 Å². The van der Waals surface area contributed by atoms with Crippen LogP contribution in [0, 0.1) is 0 Å². The molecule has 1 aliphatic rings. The first-order chi connectivity index (χ1) is 8.63. The Hall–Kier alpha value is -1.55. The molecule has 4 heteroatoms. The lowest BCUT2D eigenvalue weighted by molar-refractivity contribution is -0.138. The van der Waals surface area contributed by atoms with Crippen LogP contribution in [0.2, 0.25) is 0 Å². The van der Waals surface area contributed by atoms with Crippen molar-refractivity contribution in [1.82, 2.24) is 0 Å². The van der Waals surface area contributed by atoms with Crippen LogP contribution in [0.3, 0.4) is 0 Å². The zero-order valence-corrected chi connectivity index (χ0v) is 10.6. The number of methoxy groups -OCH3 is 1. The average Bonchev–Trinajstić information content (AvgIpc) is 2.90. The first-order valence-electron chi connectivity index (χ1n) is 6.29. The molecule has 1 saturated carbocycles. The van der Waals surface area contributed by atoms with Gasteiger partial charge in [0.25, 0.3) is 0 Å². The number of nitrogens with two attached hydrogens (primary N) is 1. The monoisotopic (exact) mass is 249 g/mol. The van der Waals surface area contributed by atoms with Gasteiger partial charge in [-0.05, 0) is 36.5 Å². The lowest BCUT2D eigenvalue weighted by Crippen LogP contribution is -2.21. The normalized spacial score (nSPS) is 17.7. The molecule has 1 unspecified atom stereocenters. The summed E-state index contributed by atoms with van der Waals surface area (Å²) in [6, 6.07) is 4.72. The van der Waals surface area contributed by atoms with Gasteiger partial charge in [0.1, 0.15) is 11.8 Å². The Labute approximate surface area is 107 Å². The summed E-state index contributed by atoms with van der Waals surface area (Å²) < 4.78 is 5.19. The van der Waals surface area contributed by atoms with Crippen molar-refractivity contribution in [2.45, 2.75) is 37.6 Å². The SMILES string of the molecule is COc1ccc(C2CCCC2)cc1C(N)C(=O)O. The van der Waals surface area contributed by atoms with E-state index >= 15 is 0 Å². The Bertz CT molecular complexity index is 439. The first kappa shape index (κ1) is 12.9. The van der Waals surface area contributed by atoms with Crippen molar-refractivity contribution in [3.8, 4) is 5.75 Å². The summed E-state index contributed by atoms with van der Waals surface area (Å²) in [5.41, 5.74) is 7.45. The van der Waals surface area contributed by atoms with Gasteiger partial charge < -0.3 is 15.6 Å². The van der Waals surface area contributed by atoms with Gasteiger partial charge in [-0.15, -0.1) is 0 Å². The number of rotatable bonds is 4. The maximum atomic E-state index is 11.0. The van der Waals surface area contributed by atoms with E-state index in [9.17, 15) is 4.79 Å². The van der Waals surface area contributed by atoms with Crippen molar-refractivity contribution in [2.75, 3.05) is 7.11 Å². The highest BCUT2D eigenvalue weighted by Crippen LogP contribution is 2.36. The van der Waals surface area contributed by atoms with Crippen LogP contribution in [0.5, 0.6) is 5.75 Å². The van der Waals surface area contributed by atoms with Crippen molar-refractivity contribution in [1.29, 1.82) is 0 Å². The summed E-state index contributed by atoms with van der Waals surface area (Å²) in [5, 5.41) is 9.03. The minimum Gasteiger partial charge on any atom is -0.496 e. The number of carbonyl (C=O) groups is 1. The Morgan fingerprint density at radius 3 is 2.67 bits per heavy atom. The van der Waals surface area contributed by atoms with E-state index in [1.807, 2.05) is 18.2 Å². The number of aliphatic carboxylic acids is 1. The van der Waals surface area contributed by atoms with Gasteiger partial charge in [-0.25, -0.2) is 0 Å². The lowest BCUT2D eigenvalue weighted by atomic mass is 9.93. The molecule has 0 aliphatic heterocycles. The fraction of sp³-hybridized carbons (Fsp3) is 0.500. The number of carboxylic acid groups (broad SMARTS) is 1. The van der Waals surface area contributed by atoms with E-state index < -0.39 is 12.0 Å². The van der Waals surface area contributed by atoms with Gasteiger partial charge >= 0.3 is 5.97 Å². The van der Waals surface area contributed by atoms with Crippen molar-refractivity contribution in [3.05, 3.63) is 29.3 Å². The molecule has 0 amide bonds. The molecule has 0 spiro atoms. The van der Waals surface area contributed by atoms with Gasteiger partial charge in [0.2, 0.25) is 0 Å². The minimum atomic E-state index is -1.03. The number of carboxylic acids is 1. The van der Waals surface area contributed by atoms with Crippen LogP contribution in [0.1, 0.15) is 48.8 Å². The van der Waals surface area contributed by atoms with Crippen LogP contribution in [0.25, 0.3) is 0 Å². The van der Waals surface area contributed by atoms with Gasteiger partial charge in [0.15, 0.2) is 0 Å². The number of benzene rings is 1. The third-order valence-corrected chi connectivity index (χ3v) is 3.68. The summed E-state index contributed by atoms with van der Waals surface area (Å²) >= 11 is 0. The number of hydrogen-bond donors (Lipinski definition) is 2. The van der Waals surface area contributed by atoms with Crippen molar-refractivity contribution in [3.63, 3.8) is 0 Å². The fourth-order valence-electron chi connectivity index (χ4n) is 2.64. The molecule has 1 aliphatic carbocycles. The van der Waals surface area contributed by atoms with Crippen LogP contribution in [-0.4, -0.2) is 18.2 Å². The van der Waals surface area contributed by atoms with Crippen LogP contribution in [0.4, 0.5) is 0 Å². The topological polar surface area (TPSA) is 72.5 Å². The van der Waals surface area contributed by atoms with Crippen LogP contribution >= 0.6 is 0 Å². The first-order valence-corrected chi connectivity index (χ1v) is 6.29. The molecule has 0 saturated heterocycles. The van der Waals surface area contributed by atoms with Crippen LogP contribution in [-0.2, 0) is 4.79 Å². The summed E-state index contributed by atoms with van der Waals surface area (Å²) in [6.07, 6.45) is 4.84. The Morgan fingerprint density at radius 1 is 1.44 bits per heavy atom. The molecule has 0 radical (unpaired) electrons. The highest BCUT2D eigenvalue weighted by atomic mass is 16.5. The Balaban J connectivity index is 2.35. The molecule has 0 heterocycles. The molecule has 1 atom stereocenters. The molecule has 1 fully saturated rings. The molecule has 0 aromatic heterocycles. The van der Waals surface area contributed by atoms with E-state index in [0.29, 0.717) is 17.2 Å². The second-order valence-corrected chi connectivity index (χ2v) is 4.80. The fourth-order valence-corrected chi connectivity index (χ4v) is 2.64. The Kier molecular flexibility index (Phi) is 3.87. The van der Waals surface area contributed by atoms with E-state index in [2.05, 4.69) is 0 Å². The van der Waals surface area contributed by atoms with Gasteiger partial charge in [-0.2, -0.15) is 0 Å². The third kappa shape index (κ3) is 2.48. The van der Waals surface area contributed by atoms with E-state index in [1.54, 1.807) is 0 Å². The molecule has 2 rings (SSSR count). The predicted molar refractivity (Wildman–Crippen MR) is 68.8 cm³/mol. The standard InChI is InChI=1S/C14H19NO3/c1-18-12-7-6-10(9-4-2-3-5-9)8-11(12)13(15)14(16)17/h6-9,13H,2-5,15H2,1H3,(H,16,17). The quantitative estimate of drug-likeness (QED) is 0.859. The zero-order chi connectivity index (χ0) is 13.1. The minimum absolute atomic E-state index is 0.538. The van der Waals surface area contributed by atoms with Gasteiger partial charge in [0.05, 0.1) is 7.11 Å². The van der Waals surface area contributed by atoms with Crippen LogP contribution < -0.4 is 10.5 Å². The second-order valence-electron chi connectivity index (χ2n) is 4.80. The molecule has 1 aromatic rings. The average molecular weight is 249 g/mol. The van der Waals surface area contributed by atoms with E-state index in [1.165, 1.54) is 38.4 Å². The van der Waals surface area contributed by atoms with Crippen LogP contribution in [0.15, 0.2) is 18.2 Å². The summed E-state index contributed by atoms with van der Waals surface area (Å²) in [6.45, 7) is 0. The predicted octanol–water partition coefficient (Wildman–Crippen LogP) is 2.44. The highest BCUT2D eigenvalue weighted by molar-refractivity contribution is 5.76. The lowest BCUT2D eigenvalue weighted by Gasteiger charge is -2.16. The highest BCUT2D eigenvalue weighted by Gasteiger charge is 2.22. The zero-order valence-electron chi connectivity index (χ0n) is 10.6. The summed E-state index contributed by atoms with van der Waals surface area (Å²) in [5.74, 6) is 0.0548. The maximum absolute atomic E-state index is 11.0. The molecule has 3 N–H and O–H groups in total.